The number of benzene rings is 1. The first-order valence-electron chi connectivity index (χ1n) is 5.53. The monoisotopic (exact) mass is 312 g/mol. The van der Waals surface area contributed by atoms with E-state index in [0.29, 0.717) is 17.2 Å². The van der Waals surface area contributed by atoms with Gasteiger partial charge in [0, 0.05) is 12.3 Å². The average molecular weight is 313 g/mol. The van der Waals surface area contributed by atoms with Gasteiger partial charge in [-0.2, -0.15) is 0 Å². The molecule has 0 aliphatic rings. The lowest BCUT2D eigenvalue weighted by molar-refractivity contribution is 0.0697. The largest absolute Gasteiger partial charge is 0.478 e. The number of aromatic nitrogens is 1. The van der Waals surface area contributed by atoms with Crippen molar-refractivity contribution in [3.8, 4) is 0 Å². The molecule has 0 saturated carbocycles. The number of nitrogens with zero attached hydrogens (tertiary/aromatic N) is 1. The number of nitrogens with one attached hydrogen (secondary N) is 1. The standard InChI is InChI=1S/C13H7ClF2N2O3/c14-6-1-2-10(17-5-6)12(19)18-11-4-9(16)8(15)3-7(11)13(20)21/h1-5H,(H,18,19)(H,20,21). The van der Waals surface area contributed by atoms with Gasteiger partial charge in [0.1, 0.15) is 5.69 Å². The Morgan fingerprint density at radius 3 is 2.43 bits per heavy atom. The Hall–Kier alpha value is -2.54. The van der Waals surface area contributed by atoms with Crippen LogP contribution in [0.4, 0.5) is 14.5 Å². The normalized spacial score (nSPS) is 10.2. The highest BCUT2D eigenvalue weighted by Gasteiger charge is 2.18. The van der Waals surface area contributed by atoms with Gasteiger partial charge in [0.05, 0.1) is 16.3 Å². The van der Waals surface area contributed by atoms with Crippen molar-refractivity contribution in [1.82, 2.24) is 4.98 Å². The number of carbonyl (C=O) groups excluding carboxylic acids is 1. The van der Waals surface area contributed by atoms with E-state index in [4.69, 9.17) is 16.7 Å². The van der Waals surface area contributed by atoms with Crippen molar-refractivity contribution in [2.45, 2.75) is 0 Å². The molecule has 0 spiro atoms. The van der Waals surface area contributed by atoms with Crippen LogP contribution in [0.1, 0.15) is 20.8 Å². The van der Waals surface area contributed by atoms with E-state index >= 15 is 0 Å². The van der Waals surface area contributed by atoms with Crippen LogP contribution in [0.15, 0.2) is 30.5 Å². The van der Waals surface area contributed by atoms with E-state index in [0.717, 1.165) is 0 Å². The predicted molar refractivity (Wildman–Crippen MR) is 70.5 cm³/mol. The molecule has 0 fully saturated rings. The first-order valence-corrected chi connectivity index (χ1v) is 5.91. The van der Waals surface area contributed by atoms with Gasteiger partial charge >= 0.3 is 5.97 Å². The van der Waals surface area contributed by atoms with Crippen molar-refractivity contribution < 1.29 is 23.5 Å². The summed E-state index contributed by atoms with van der Waals surface area (Å²) in [5.41, 5.74) is -1.00. The van der Waals surface area contributed by atoms with Crippen LogP contribution >= 0.6 is 11.6 Å². The van der Waals surface area contributed by atoms with Crippen LogP contribution < -0.4 is 5.32 Å². The molecule has 0 saturated heterocycles. The number of amides is 1. The molecule has 0 radical (unpaired) electrons. The lowest BCUT2D eigenvalue weighted by Crippen LogP contribution is -2.16. The van der Waals surface area contributed by atoms with Gasteiger partial charge < -0.3 is 10.4 Å². The van der Waals surface area contributed by atoms with Gasteiger partial charge in [-0.05, 0) is 18.2 Å². The molecule has 0 bridgehead atoms. The second-order valence-corrected chi connectivity index (χ2v) is 4.37. The van der Waals surface area contributed by atoms with Crippen molar-refractivity contribution in [3.05, 3.63) is 58.4 Å². The lowest BCUT2D eigenvalue weighted by atomic mass is 10.1. The van der Waals surface area contributed by atoms with Crippen molar-refractivity contribution in [3.63, 3.8) is 0 Å². The molecule has 2 N–H and O–H groups in total. The maximum Gasteiger partial charge on any atom is 0.337 e. The molecule has 21 heavy (non-hydrogen) atoms. The summed E-state index contributed by atoms with van der Waals surface area (Å²) < 4.78 is 26.2. The molecule has 0 atom stereocenters. The Labute approximate surface area is 122 Å². The first kappa shape index (κ1) is 14.9. The van der Waals surface area contributed by atoms with Crippen LogP contribution in [-0.2, 0) is 0 Å². The Bertz CT molecular complexity index is 720. The van der Waals surface area contributed by atoms with Crippen LogP contribution in [0.3, 0.4) is 0 Å². The number of rotatable bonds is 3. The Morgan fingerprint density at radius 2 is 1.86 bits per heavy atom. The van der Waals surface area contributed by atoms with Gasteiger partial charge in [-0.15, -0.1) is 0 Å². The lowest BCUT2D eigenvalue weighted by Gasteiger charge is -2.09. The predicted octanol–water partition coefficient (Wildman–Crippen LogP) is 2.96. The van der Waals surface area contributed by atoms with E-state index in [-0.39, 0.29) is 11.4 Å². The number of aromatic carboxylic acids is 1. The summed E-state index contributed by atoms with van der Waals surface area (Å²) >= 11 is 5.62. The second kappa shape index (κ2) is 5.84. The summed E-state index contributed by atoms with van der Waals surface area (Å²) in [6, 6.07) is 3.79. The number of carboxylic acids is 1. The zero-order valence-corrected chi connectivity index (χ0v) is 11.0. The molecule has 5 nitrogen and oxygen atoms in total. The third-order valence-corrected chi connectivity index (χ3v) is 2.72. The summed E-state index contributed by atoms with van der Waals surface area (Å²) in [5.74, 6) is -4.89. The van der Waals surface area contributed by atoms with E-state index in [1.165, 1.54) is 18.3 Å². The van der Waals surface area contributed by atoms with Gasteiger partial charge in [0.2, 0.25) is 0 Å². The topological polar surface area (TPSA) is 79.3 Å². The zero-order chi connectivity index (χ0) is 15.6. The van der Waals surface area contributed by atoms with Crippen molar-refractivity contribution in [2.75, 3.05) is 5.32 Å². The smallest absolute Gasteiger partial charge is 0.337 e. The highest BCUT2D eigenvalue weighted by molar-refractivity contribution is 6.30. The molecule has 0 unspecified atom stereocenters. The van der Waals surface area contributed by atoms with Crippen LogP contribution in [0.25, 0.3) is 0 Å². The highest BCUT2D eigenvalue weighted by atomic mass is 35.5. The van der Waals surface area contributed by atoms with E-state index in [2.05, 4.69) is 10.3 Å². The fourth-order valence-electron chi connectivity index (χ4n) is 1.52. The Balaban J connectivity index is 2.34. The Morgan fingerprint density at radius 1 is 1.19 bits per heavy atom. The molecule has 0 aliphatic heterocycles. The summed E-state index contributed by atoms with van der Waals surface area (Å²) in [7, 11) is 0. The number of pyridine rings is 1. The summed E-state index contributed by atoms with van der Waals surface area (Å²) in [6.07, 6.45) is 1.22. The number of anilines is 1. The van der Waals surface area contributed by atoms with E-state index in [1.54, 1.807) is 0 Å². The van der Waals surface area contributed by atoms with Gasteiger partial charge in [-0.3, -0.25) is 4.79 Å². The molecular formula is C13H7ClF2N2O3. The molecule has 2 aromatic rings. The minimum absolute atomic E-state index is 0.0551. The Kier molecular flexibility index (Phi) is 4.13. The molecule has 0 aliphatic carbocycles. The van der Waals surface area contributed by atoms with Gasteiger partial charge in [-0.1, -0.05) is 11.6 Å². The van der Waals surface area contributed by atoms with Crippen molar-refractivity contribution >= 4 is 29.2 Å². The van der Waals surface area contributed by atoms with E-state index in [9.17, 15) is 18.4 Å². The fraction of sp³-hybridized carbons (Fsp3) is 0. The fourth-order valence-corrected chi connectivity index (χ4v) is 1.64. The average Bonchev–Trinajstić information content (AvgIpc) is 2.43. The summed E-state index contributed by atoms with van der Waals surface area (Å²) in [4.78, 5) is 26.6. The maximum atomic E-state index is 13.2. The number of hydrogen-bond acceptors (Lipinski definition) is 3. The van der Waals surface area contributed by atoms with Crippen LogP contribution in [0.5, 0.6) is 0 Å². The minimum Gasteiger partial charge on any atom is -0.478 e. The second-order valence-electron chi connectivity index (χ2n) is 3.93. The third kappa shape index (κ3) is 3.32. The molecule has 1 aromatic carbocycles. The quantitative estimate of drug-likeness (QED) is 0.913. The maximum absolute atomic E-state index is 13.2. The van der Waals surface area contributed by atoms with Crippen molar-refractivity contribution in [2.24, 2.45) is 0 Å². The SMILES string of the molecule is O=C(Nc1cc(F)c(F)cc1C(=O)O)c1ccc(Cl)cn1. The number of carboxylic acid groups (broad SMARTS) is 1. The minimum atomic E-state index is -1.51. The highest BCUT2D eigenvalue weighted by Crippen LogP contribution is 2.21. The van der Waals surface area contributed by atoms with Gasteiger partial charge in [0.25, 0.3) is 5.91 Å². The molecule has 8 heteroatoms. The number of hydrogen-bond donors (Lipinski definition) is 2. The summed E-state index contributed by atoms with van der Waals surface area (Å²) in [6.45, 7) is 0. The summed E-state index contributed by atoms with van der Waals surface area (Å²) in [5, 5.41) is 11.4. The molecule has 1 amide bonds. The first-order chi connectivity index (χ1) is 9.88. The van der Waals surface area contributed by atoms with E-state index in [1.807, 2.05) is 0 Å². The van der Waals surface area contributed by atoms with Crippen LogP contribution in [-0.4, -0.2) is 22.0 Å². The number of halogens is 3. The molecule has 1 aromatic heterocycles. The van der Waals surface area contributed by atoms with Crippen LogP contribution in [0.2, 0.25) is 5.02 Å². The van der Waals surface area contributed by atoms with Crippen LogP contribution in [0, 0.1) is 11.6 Å². The van der Waals surface area contributed by atoms with Gasteiger partial charge in [0.15, 0.2) is 11.6 Å². The molecule has 2 rings (SSSR count). The molecular weight excluding hydrogens is 306 g/mol. The third-order valence-electron chi connectivity index (χ3n) is 2.50. The van der Waals surface area contributed by atoms with Crippen molar-refractivity contribution in [1.29, 1.82) is 0 Å². The number of carbonyl (C=O) groups is 2. The zero-order valence-electron chi connectivity index (χ0n) is 10.2. The van der Waals surface area contributed by atoms with Gasteiger partial charge in [-0.25, -0.2) is 18.6 Å². The molecule has 108 valence electrons. The van der Waals surface area contributed by atoms with E-state index < -0.39 is 29.1 Å². The molecule has 1 heterocycles.